The highest BCUT2D eigenvalue weighted by atomic mass is 16.5. The second-order valence-corrected chi connectivity index (χ2v) is 7.92. The molecule has 0 aliphatic heterocycles. The van der Waals surface area contributed by atoms with E-state index in [1.54, 1.807) is 0 Å². The lowest BCUT2D eigenvalue weighted by Crippen LogP contribution is -2.26. The molecule has 1 aliphatic rings. The second kappa shape index (κ2) is 8.58. The normalized spacial score (nSPS) is 12.6. The van der Waals surface area contributed by atoms with Crippen LogP contribution in [0.5, 0.6) is 0 Å². The molecule has 0 unspecified atom stereocenters. The summed E-state index contributed by atoms with van der Waals surface area (Å²) in [6.07, 6.45) is 3.64. The number of fused-ring (bicyclic) bond motifs is 3. The van der Waals surface area contributed by atoms with Gasteiger partial charge in [0.2, 0.25) is 0 Å². The number of alkyl carbamates (subject to hydrolysis) is 1. The zero-order valence-electron chi connectivity index (χ0n) is 17.7. The standard InChI is InChI=1S/C27H27NO2/c1-18-15-19(2)21(20(3)16-18)13-8-14-28-27(29)30-17-26-24-11-6-4-9-22(24)23-10-5-7-12-25(23)26/h4-13,15-16,26H,14,17H2,1-3H3,(H,28,29). The third-order valence-corrected chi connectivity index (χ3v) is 5.73. The minimum atomic E-state index is -0.390. The Hall–Kier alpha value is -3.33. The molecule has 0 atom stereocenters. The Labute approximate surface area is 178 Å². The van der Waals surface area contributed by atoms with Gasteiger partial charge in [-0.3, -0.25) is 0 Å². The maximum Gasteiger partial charge on any atom is 0.407 e. The molecule has 3 aromatic rings. The number of ether oxygens (including phenoxy) is 1. The van der Waals surface area contributed by atoms with Gasteiger partial charge in [0.15, 0.2) is 0 Å². The molecule has 0 spiro atoms. The quantitative estimate of drug-likeness (QED) is 0.560. The number of aryl methyl sites for hydroxylation is 3. The Kier molecular flexibility index (Phi) is 5.71. The van der Waals surface area contributed by atoms with E-state index < -0.39 is 0 Å². The van der Waals surface area contributed by atoms with E-state index in [-0.39, 0.29) is 12.0 Å². The third-order valence-electron chi connectivity index (χ3n) is 5.73. The van der Waals surface area contributed by atoms with Gasteiger partial charge in [-0.25, -0.2) is 4.79 Å². The van der Waals surface area contributed by atoms with Crippen LogP contribution in [0.2, 0.25) is 0 Å². The topological polar surface area (TPSA) is 38.3 Å². The van der Waals surface area contributed by atoms with E-state index in [0.29, 0.717) is 13.2 Å². The molecule has 3 nitrogen and oxygen atoms in total. The summed E-state index contributed by atoms with van der Waals surface area (Å²) in [4.78, 5) is 12.2. The summed E-state index contributed by atoms with van der Waals surface area (Å²) >= 11 is 0. The van der Waals surface area contributed by atoms with Gasteiger partial charge in [0, 0.05) is 12.5 Å². The number of carbonyl (C=O) groups is 1. The van der Waals surface area contributed by atoms with Crippen molar-refractivity contribution in [3.8, 4) is 11.1 Å². The molecule has 4 rings (SSSR count). The molecule has 30 heavy (non-hydrogen) atoms. The van der Waals surface area contributed by atoms with Crippen LogP contribution in [0.15, 0.2) is 66.7 Å². The highest BCUT2D eigenvalue weighted by Gasteiger charge is 2.28. The van der Waals surface area contributed by atoms with Gasteiger partial charge >= 0.3 is 6.09 Å². The predicted molar refractivity (Wildman–Crippen MR) is 123 cm³/mol. The van der Waals surface area contributed by atoms with Gasteiger partial charge < -0.3 is 10.1 Å². The monoisotopic (exact) mass is 397 g/mol. The molecular formula is C27H27NO2. The number of nitrogens with one attached hydrogen (secondary N) is 1. The molecule has 0 aromatic heterocycles. The lowest BCUT2D eigenvalue weighted by Gasteiger charge is -2.14. The molecule has 0 heterocycles. The van der Waals surface area contributed by atoms with Gasteiger partial charge in [0.1, 0.15) is 6.61 Å². The Balaban J connectivity index is 1.35. The predicted octanol–water partition coefficient (Wildman–Crippen LogP) is 6.16. The number of amides is 1. The number of rotatable bonds is 5. The number of benzene rings is 3. The minimum absolute atomic E-state index is 0.0801. The van der Waals surface area contributed by atoms with E-state index >= 15 is 0 Å². The van der Waals surface area contributed by atoms with Crippen molar-refractivity contribution in [3.05, 3.63) is 100 Å². The van der Waals surface area contributed by atoms with Crippen LogP contribution in [0.1, 0.15) is 39.3 Å². The largest absolute Gasteiger partial charge is 0.449 e. The van der Waals surface area contributed by atoms with E-state index in [1.165, 1.54) is 44.5 Å². The number of hydrogen-bond acceptors (Lipinski definition) is 2. The molecule has 0 bridgehead atoms. The summed E-state index contributed by atoms with van der Waals surface area (Å²) in [5.74, 6) is 0.0801. The third kappa shape index (κ3) is 4.02. The van der Waals surface area contributed by atoms with Crippen LogP contribution in [0.25, 0.3) is 17.2 Å². The average molecular weight is 398 g/mol. The second-order valence-electron chi connectivity index (χ2n) is 7.92. The smallest absolute Gasteiger partial charge is 0.407 e. The molecule has 3 aromatic carbocycles. The van der Waals surface area contributed by atoms with Crippen LogP contribution in [0, 0.1) is 20.8 Å². The first kappa shape index (κ1) is 20.0. The highest BCUT2D eigenvalue weighted by molar-refractivity contribution is 5.79. The van der Waals surface area contributed by atoms with Crippen molar-refractivity contribution in [2.45, 2.75) is 26.7 Å². The molecule has 1 aliphatic carbocycles. The number of hydrogen-bond donors (Lipinski definition) is 1. The Morgan fingerprint density at radius 2 is 1.50 bits per heavy atom. The molecule has 1 amide bonds. The van der Waals surface area contributed by atoms with Crippen molar-refractivity contribution < 1.29 is 9.53 Å². The number of carbonyl (C=O) groups excluding carboxylic acids is 1. The Bertz CT molecular complexity index is 1040. The van der Waals surface area contributed by atoms with Crippen LogP contribution >= 0.6 is 0 Å². The molecule has 0 saturated heterocycles. The molecule has 0 saturated carbocycles. The zero-order chi connectivity index (χ0) is 21.1. The van der Waals surface area contributed by atoms with Crippen LogP contribution in [-0.2, 0) is 4.74 Å². The molecular weight excluding hydrogens is 370 g/mol. The first-order valence-corrected chi connectivity index (χ1v) is 10.4. The average Bonchev–Trinajstić information content (AvgIpc) is 3.05. The van der Waals surface area contributed by atoms with Crippen LogP contribution in [-0.4, -0.2) is 19.2 Å². The maximum atomic E-state index is 12.2. The fourth-order valence-electron chi connectivity index (χ4n) is 4.42. The Morgan fingerprint density at radius 1 is 0.933 bits per heavy atom. The minimum Gasteiger partial charge on any atom is -0.449 e. The summed E-state index contributed by atoms with van der Waals surface area (Å²) in [7, 11) is 0. The summed E-state index contributed by atoms with van der Waals surface area (Å²) in [5, 5.41) is 2.83. The van der Waals surface area contributed by atoms with Crippen molar-refractivity contribution in [2.75, 3.05) is 13.2 Å². The van der Waals surface area contributed by atoms with E-state index in [0.717, 1.165) is 0 Å². The van der Waals surface area contributed by atoms with E-state index in [2.05, 4.69) is 80.7 Å². The van der Waals surface area contributed by atoms with Gasteiger partial charge in [0.25, 0.3) is 0 Å². The molecule has 1 N–H and O–H groups in total. The van der Waals surface area contributed by atoms with Gasteiger partial charge in [-0.05, 0) is 59.7 Å². The summed E-state index contributed by atoms with van der Waals surface area (Å²) < 4.78 is 5.57. The van der Waals surface area contributed by atoms with Gasteiger partial charge in [0.05, 0.1) is 0 Å². The summed E-state index contributed by atoms with van der Waals surface area (Å²) in [6, 6.07) is 21.0. The fourth-order valence-corrected chi connectivity index (χ4v) is 4.42. The van der Waals surface area contributed by atoms with Crippen LogP contribution in [0.4, 0.5) is 4.79 Å². The van der Waals surface area contributed by atoms with Crippen molar-refractivity contribution in [2.24, 2.45) is 0 Å². The first-order valence-electron chi connectivity index (χ1n) is 10.4. The van der Waals surface area contributed by atoms with Crippen molar-refractivity contribution in [1.29, 1.82) is 0 Å². The van der Waals surface area contributed by atoms with Crippen LogP contribution < -0.4 is 5.32 Å². The molecule has 0 radical (unpaired) electrons. The van der Waals surface area contributed by atoms with Gasteiger partial charge in [-0.1, -0.05) is 78.4 Å². The maximum absolute atomic E-state index is 12.2. The first-order chi connectivity index (χ1) is 14.5. The highest BCUT2D eigenvalue weighted by Crippen LogP contribution is 2.44. The lowest BCUT2D eigenvalue weighted by atomic mass is 9.98. The van der Waals surface area contributed by atoms with Crippen molar-refractivity contribution >= 4 is 12.2 Å². The van der Waals surface area contributed by atoms with Crippen molar-refractivity contribution in [3.63, 3.8) is 0 Å². The molecule has 0 fully saturated rings. The lowest BCUT2D eigenvalue weighted by molar-refractivity contribution is 0.144. The zero-order valence-corrected chi connectivity index (χ0v) is 17.7. The van der Waals surface area contributed by atoms with Crippen molar-refractivity contribution in [1.82, 2.24) is 5.32 Å². The molecule has 152 valence electrons. The Morgan fingerprint density at radius 3 is 2.10 bits per heavy atom. The van der Waals surface area contributed by atoms with E-state index in [1.807, 2.05) is 18.2 Å². The van der Waals surface area contributed by atoms with Crippen LogP contribution in [0.3, 0.4) is 0 Å². The van der Waals surface area contributed by atoms with Gasteiger partial charge in [-0.2, -0.15) is 0 Å². The molecule has 3 heteroatoms. The summed E-state index contributed by atoms with van der Waals surface area (Å²) in [6.45, 7) is 7.09. The van der Waals surface area contributed by atoms with E-state index in [4.69, 9.17) is 4.74 Å². The SMILES string of the molecule is Cc1cc(C)c(C=CCNC(=O)OCC2c3ccccc3-c3ccccc32)c(C)c1. The van der Waals surface area contributed by atoms with E-state index in [9.17, 15) is 4.79 Å². The van der Waals surface area contributed by atoms with Gasteiger partial charge in [-0.15, -0.1) is 0 Å². The summed E-state index contributed by atoms with van der Waals surface area (Å²) in [5.41, 5.74) is 9.85. The fraction of sp³-hybridized carbons (Fsp3) is 0.222.